The van der Waals surface area contributed by atoms with E-state index in [9.17, 15) is 4.79 Å². The van der Waals surface area contributed by atoms with Gasteiger partial charge in [-0.3, -0.25) is 14.6 Å². The van der Waals surface area contributed by atoms with Gasteiger partial charge in [0, 0.05) is 38.8 Å². The Morgan fingerprint density at radius 3 is 2.52 bits per heavy atom. The molecule has 1 aromatic carbocycles. The van der Waals surface area contributed by atoms with Gasteiger partial charge in [0.1, 0.15) is 0 Å². The Bertz CT molecular complexity index is 607. The Hall–Kier alpha value is -1.65. The summed E-state index contributed by atoms with van der Waals surface area (Å²) in [6.07, 6.45) is 8.11. The average molecular weight is 370 g/mol. The van der Waals surface area contributed by atoms with E-state index in [4.69, 9.17) is 0 Å². The van der Waals surface area contributed by atoms with Gasteiger partial charge in [-0.15, -0.1) is 0 Å². The third-order valence-corrected chi connectivity index (χ3v) is 6.36. The van der Waals surface area contributed by atoms with Crippen LogP contribution >= 0.6 is 0 Å². The maximum atomic E-state index is 12.5. The molecule has 2 fully saturated rings. The lowest BCUT2D eigenvalue weighted by Gasteiger charge is -2.36. The van der Waals surface area contributed by atoms with E-state index in [2.05, 4.69) is 65.4 Å². The van der Waals surface area contributed by atoms with E-state index in [0.717, 1.165) is 45.1 Å². The second kappa shape index (κ2) is 10.0. The van der Waals surface area contributed by atoms with Gasteiger partial charge in [-0.05, 0) is 23.8 Å². The highest BCUT2D eigenvalue weighted by molar-refractivity contribution is 5.78. The second-order valence-corrected chi connectivity index (χ2v) is 8.33. The van der Waals surface area contributed by atoms with Gasteiger partial charge in [0.25, 0.3) is 0 Å². The van der Waals surface area contributed by atoms with Crippen LogP contribution in [0.3, 0.4) is 0 Å². The molecule has 1 saturated heterocycles. The van der Waals surface area contributed by atoms with Crippen molar-refractivity contribution in [1.29, 1.82) is 0 Å². The van der Waals surface area contributed by atoms with E-state index in [1.807, 2.05) is 6.07 Å². The summed E-state index contributed by atoms with van der Waals surface area (Å²) in [7, 11) is 0. The summed E-state index contributed by atoms with van der Waals surface area (Å²) < 4.78 is 0. The summed E-state index contributed by atoms with van der Waals surface area (Å²) in [4.78, 5) is 17.2. The van der Waals surface area contributed by atoms with Gasteiger partial charge >= 0.3 is 0 Å². The molecular weight excluding hydrogens is 334 g/mol. The molecule has 3 rings (SSSR count). The van der Waals surface area contributed by atoms with Gasteiger partial charge in [-0.1, -0.05) is 69.2 Å². The van der Waals surface area contributed by atoms with Crippen molar-refractivity contribution in [2.45, 2.75) is 39.2 Å². The van der Waals surface area contributed by atoms with Crippen LogP contribution in [-0.2, 0) is 4.79 Å². The number of amides is 1. The first-order chi connectivity index (χ1) is 13.1. The van der Waals surface area contributed by atoms with Gasteiger partial charge in [0.2, 0.25) is 5.91 Å². The Kier molecular flexibility index (Phi) is 7.48. The SMILES string of the molecule is C[C@@H]1[C@@H](C)CCC[C@H]1NC(=O)CN1CCN(C/C=C/c2ccccc2)CC1. The van der Waals surface area contributed by atoms with Crippen molar-refractivity contribution < 1.29 is 4.79 Å². The van der Waals surface area contributed by atoms with Crippen LogP contribution < -0.4 is 5.32 Å². The van der Waals surface area contributed by atoms with E-state index >= 15 is 0 Å². The molecule has 27 heavy (non-hydrogen) atoms. The summed E-state index contributed by atoms with van der Waals surface area (Å²) in [5, 5.41) is 3.30. The van der Waals surface area contributed by atoms with E-state index in [1.165, 1.54) is 18.4 Å². The molecule has 0 unspecified atom stereocenters. The Morgan fingerprint density at radius 1 is 1.07 bits per heavy atom. The van der Waals surface area contributed by atoms with Crippen LogP contribution in [0.25, 0.3) is 6.08 Å². The largest absolute Gasteiger partial charge is 0.352 e. The molecule has 1 aliphatic heterocycles. The fourth-order valence-corrected chi connectivity index (χ4v) is 4.27. The predicted octanol–water partition coefficient (Wildman–Crippen LogP) is 3.26. The summed E-state index contributed by atoms with van der Waals surface area (Å²) in [6.45, 7) is 10.1. The third-order valence-electron chi connectivity index (χ3n) is 6.36. The van der Waals surface area contributed by atoms with Gasteiger partial charge in [-0.25, -0.2) is 0 Å². The zero-order valence-corrected chi connectivity index (χ0v) is 16.9. The van der Waals surface area contributed by atoms with Gasteiger partial charge in [0.05, 0.1) is 6.54 Å². The molecule has 1 N–H and O–H groups in total. The smallest absolute Gasteiger partial charge is 0.234 e. The minimum Gasteiger partial charge on any atom is -0.352 e. The minimum absolute atomic E-state index is 0.207. The zero-order chi connectivity index (χ0) is 19.1. The number of nitrogens with zero attached hydrogens (tertiary/aromatic N) is 2. The van der Waals surface area contributed by atoms with E-state index in [-0.39, 0.29) is 5.91 Å². The van der Waals surface area contributed by atoms with Crippen LogP contribution in [0.15, 0.2) is 36.4 Å². The Labute approximate surface area is 164 Å². The number of hydrogen-bond acceptors (Lipinski definition) is 3. The number of carbonyl (C=O) groups excluding carboxylic acids is 1. The number of hydrogen-bond donors (Lipinski definition) is 1. The number of carbonyl (C=O) groups is 1. The van der Waals surface area contributed by atoms with Crippen LogP contribution in [0.1, 0.15) is 38.7 Å². The van der Waals surface area contributed by atoms with E-state index in [0.29, 0.717) is 18.5 Å². The monoisotopic (exact) mass is 369 g/mol. The maximum absolute atomic E-state index is 12.5. The molecule has 1 saturated carbocycles. The summed E-state index contributed by atoms with van der Waals surface area (Å²) in [5.74, 6) is 1.52. The van der Waals surface area contributed by atoms with Crippen molar-refractivity contribution in [3.8, 4) is 0 Å². The van der Waals surface area contributed by atoms with Crippen molar-refractivity contribution >= 4 is 12.0 Å². The molecule has 4 heteroatoms. The Morgan fingerprint density at radius 2 is 1.78 bits per heavy atom. The number of nitrogens with one attached hydrogen (secondary N) is 1. The van der Waals surface area contributed by atoms with Crippen molar-refractivity contribution in [3.05, 3.63) is 42.0 Å². The predicted molar refractivity (Wildman–Crippen MR) is 112 cm³/mol. The maximum Gasteiger partial charge on any atom is 0.234 e. The van der Waals surface area contributed by atoms with Crippen LogP contribution in [-0.4, -0.2) is 61.0 Å². The molecule has 0 radical (unpaired) electrons. The highest BCUT2D eigenvalue weighted by Crippen LogP contribution is 2.29. The fraction of sp³-hybridized carbons (Fsp3) is 0.609. The van der Waals surface area contributed by atoms with Crippen molar-refractivity contribution in [2.75, 3.05) is 39.3 Å². The molecule has 3 atom stereocenters. The molecule has 1 aromatic rings. The molecule has 1 heterocycles. The third kappa shape index (κ3) is 6.18. The van der Waals surface area contributed by atoms with Gasteiger partial charge in [0.15, 0.2) is 0 Å². The lowest BCUT2D eigenvalue weighted by Crippen LogP contribution is -2.51. The first-order valence-electron chi connectivity index (χ1n) is 10.6. The van der Waals surface area contributed by atoms with E-state index < -0.39 is 0 Å². The van der Waals surface area contributed by atoms with Crippen molar-refractivity contribution in [2.24, 2.45) is 11.8 Å². The fourth-order valence-electron chi connectivity index (χ4n) is 4.27. The molecule has 0 aromatic heterocycles. The molecule has 1 aliphatic carbocycles. The summed E-state index contributed by atoms with van der Waals surface area (Å²) in [5.41, 5.74) is 1.25. The van der Waals surface area contributed by atoms with Gasteiger partial charge in [-0.2, -0.15) is 0 Å². The van der Waals surface area contributed by atoms with Gasteiger partial charge < -0.3 is 5.32 Å². The second-order valence-electron chi connectivity index (χ2n) is 8.33. The van der Waals surface area contributed by atoms with Crippen LogP contribution in [0.4, 0.5) is 0 Å². The molecule has 148 valence electrons. The highest BCUT2D eigenvalue weighted by atomic mass is 16.2. The molecule has 1 amide bonds. The quantitative estimate of drug-likeness (QED) is 0.836. The molecule has 0 spiro atoms. The molecule has 0 bridgehead atoms. The molecule has 4 nitrogen and oxygen atoms in total. The Balaban J connectivity index is 1.35. The molecular formula is C23H35N3O. The number of rotatable bonds is 6. The summed E-state index contributed by atoms with van der Waals surface area (Å²) >= 11 is 0. The lowest BCUT2D eigenvalue weighted by molar-refractivity contribution is -0.124. The highest BCUT2D eigenvalue weighted by Gasteiger charge is 2.28. The average Bonchev–Trinajstić information content (AvgIpc) is 2.68. The zero-order valence-electron chi connectivity index (χ0n) is 16.9. The first-order valence-corrected chi connectivity index (χ1v) is 10.6. The summed E-state index contributed by atoms with van der Waals surface area (Å²) in [6, 6.07) is 10.8. The lowest BCUT2D eigenvalue weighted by atomic mass is 9.78. The topological polar surface area (TPSA) is 35.6 Å². The first kappa shape index (κ1) is 20.1. The minimum atomic E-state index is 0.207. The van der Waals surface area contributed by atoms with Crippen LogP contribution in [0.2, 0.25) is 0 Å². The van der Waals surface area contributed by atoms with Crippen molar-refractivity contribution in [3.63, 3.8) is 0 Å². The van der Waals surface area contributed by atoms with E-state index in [1.54, 1.807) is 0 Å². The van der Waals surface area contributed by atoms with Crippen molar-refractivity contribution in [1.82, 2.24) is 15.1 Å². The number of benzene rings is 1. The molecule has 2 aliphatic rings. The normalized spacial score (nSPS) is 27.7. The number of piperazine rings is 1. The standard InChI is InChI=1S/C23H35N3O/c1-19-8-6-12-22(20(19)2)24-23(27)18-26-16-14-25(15-17-26)13-7-11-21-9-4-3-5-10-21/h3-5,7,9-11,19-20,22H,6,8,12-18H2,1-2H3,(H,24,27)/b11-7+/t19-,20+,22+/m0/s1. The van der Waals surface area contributed by atoms with Crippen LogP contribution in [0, 0.1) is 11.8 Å². The van der Waals surface area contributed by atoms with Crippen LogP contribution in [0.5, 0.6) is 0 Å².